The fourth-order valence-electron chi connectivity index (χ4n) is 4.66. The van der Waals surface area contributed by atoms with E-state index in [9.17, 15) is 28.2 Å². The molecule has 1 aliphatic heterocycles. The zero-order valence-corrected chi connectivity index (χ0v) is 23.1. The first kappa shape index (κ1) is 33.0. The fourth-order valence-corrected chi connectivity index (χ4v) is 4.66. The summed E-state index contributed by atoms with van der Waals surface area (Å²) < 4.78 is 67.3. The molecule has 13 heteroatoms. The lowest BCUT2D eigenvalue weighted by atomic mass is 9.88. The number of dihydropyridines is 1. The van der Waals surface area contributed by atoms with Gasteiger partial charge in [0.25, 0.3) is 0 Å². The lowest BCUT2D eigenvalue weighted by Crippen LogP contribution is -2.48. The largest absolute Gasteiger partial charge is 0.478 e. The van der Waals surface area contributed by atoms with Crippen molar-refractivity contribution in [3.63, 3.8) is 0 Å². The summed E-state index contributed by atoms with van der Waals surface area (Å²) in [7, 11) is 1.40. The monoisotopic (exact) mass is 596 g/mol. The summed E-state index contributed by atoms with van der Waals surface area (Å²) in [6, 6.07) is 6.88. The molecule has 42 heavy (non-hydrogen) atoms. The van der Waals surface area contributed by atoms with Gasteiger partial charge in [-0.15, -0.1) is 0 Å². The summed E-state index contributed by atoms with van der Waals surface area (Å²) in [6.45, 7) is 3.84. The highest BCUT2D eigenvalue weighted by atomic mass is 19.4. The average Bonchev–Trinajstić information content (AvgIpc) is 2.96. The number of aliphatic hydroxyl groups is 1. The number of hydrazine groups is 1. The zero-order valence-electron chi connectivity index (χ0n) is 23.1. The second-order valence-electron chi connectivity index (χ2n) is 9.69. The van der Waals surface area contributed by atoms with E-state index in [0.717, 1.165) is 24.0 Å². The van der Waals surface area contributed by atoms with Crippen molar-refractivity contribution in [2.45, 2.75) is 63.2 Å². The number of nitrogens with one attached hydrogen (secondary N) is 2. The molecule has 0 saturated heterocycles. The minimum atomic E-state index is -5.10. The molecule has 0 amide bonds. The molecule has 0 radical (unpaired) electrons. The molecule has 4 atom stereocenters. The number of aryl methyl sites for hydroxylation is 1. The molecule has 0 spiro atoms. The van der Waals surface area contributed by atoms with E-state index in [-0.39, 0.29) is 23.9 Å². The molecule has 1 aromatic carbocycles. The van der Waals surface area contributed by atoms with Crippen LogP contribution in [0.2, 0.25) is 0 Å². The van der Waals surface area contributed by atoms with Crippen molar-refractivity contribution in [3.05, 3.63) is 95.0 Å². The number of carbonyl (C=O) groups is 1. The number of carboxylic acids is 1. The molecule has 9 nitrogen and oxygen atoms in total. The van der Waals surface area contributed by atoms with Gasteiger partial charge in [-0.1, -0.05) is 55.1 Å². The van der Waals surface area contributed by atoms with Crippen LogP contribution in [0.5, 0.6) is 0 Å². The standard InChI is InChI=1S/C29H36F4N4O5/c1-3-20(27(38)39)26(29(31,32)33)37(34)24-11-5-10-23(36-24)21-8-4-9-22(30)25(21)42-17-19-14-12-18(13-15-19)7-6-16-35-28(40)41-2/h3,5,8,10-15,22-23,25,28,35-36,40H,1,4,6-7,9,16-17,34H2,2H3,(H,38,39)/b26-20+. The molecular weight excluding hydrogens is 560 g/mol. The van der Waals surface area contributed by atoms with Gasteiger partial charge < -0.3 is 25.0 Å². The summed E-state index contributed by atoms with van der Waals surface area (Å²) in [5, 5.41) is 24.5. The summed E-state index contributed by atoms with van der Waals surface area (Å²) in [5.41, 5.74) is -0.348. The number of nitrogens with zero attached hydrogens (tertiary/aromatic N) is 1. The van der Waals surface area contributed by atoms with Crippen LogP contribution in [0, 0.1) is 0 Å². The molecule has 1 aliphatic carbocycles. The highest BCUT2D eigenvalue weighted by Crippen LogP contribution is 2.34. The van der Waals surface area contributed by atoms with Crippen molar-refractivity contribution < 1.29 is 42.0 Å². The molecule has 1 heterocycles. The first-order valence-electron chi connectivity index (χ1n) is 13.3. The topological polar surface area (TPSA) is 129 Å². The molecule has 3 rings (SSSR count). The van der Waals surface area contributed by atoms with E-state index >= 15 is 4.39 Å². The number of ether oxygens (including phenoxy) is 2. The molecule has 6 N–H and O–H groups in total. The number of benzene rings is 1. The second kappa shape index (κ2) is 15.1. The number of alkyl halides is 4. The van der Waals surface area contributed by atoms with Crippen LogP contribution < -0.4 is 16.5 Å². The van der Waals surface area contributed by atoms with Crippen LogP contribution in [0.1, 0.15) is 30.4 Å². The van der Waals surface area contributed by atoms with E-state index in [1.54, 1.807) is 12.2 Å². The summed E-state index contributed by atoms with van der Waals surface area (Å²) >= 11 is 0. The number of halogens is 4. The highest BCUT2D eigenvalue weighted by Gasteiger charge is 2.43. The fraction of sp³-hybridized carbons (Fsp3) is 0.414. The first-order valence-corrected chi connectivity index (χ1v) is 13.3. The number of hydrogen-bond donors (Lipinski definition) is 5. The van der Waals surface area contributed by atoms with E-state index in [0.29, 0.717) is 24.6 Å². The number of aliphatic hydroxyl groups excluding tert-OH is 1. The average molecular weight is 597 g/mol. The van der Waals surface area contributed by atoms with Gasteiger partial charge in [-0.25, -0.2) is 15.0 Å². The molecule has 4 unspecified atom stereocenters. The Morgan fingerprint density at radius 3 is 2.62 bits per heavy atom. The van der Waals surface area contributed by atoms with E-state index in [1.165, 1.54) is 19.3 Å². The molecular formula is C29H36F4N4O5. The number of carboxylic acid groups (broad SMARTS) is 1. The maximum Gasteiger partial charge on any atom is 0.433 e. The number of methoxy groups -OCH3 is 1. The van der Waals surface area contributed by atoms with Gasteiger partial charge in [-0.2, -0.15) is 13.2 Å². The van der Waals surface area contributed by atoms with Gasteiger partial charge >= 0.3 is 12.1 Å². The van der Waals surface area contributed by atoms with Crippen LogP contribution in [-0.2, 0) is 27.3 Å². The van der Waals surface area contributed by atoms with Gasteiger partial charge in [-0.05, 0) is 48.5 Å². The van der Waals surface area contributed by atoms with Gasteiger partial charge in [0, 0.05) is 13.7 Å². The van der Waals surface area contributed by atoms with Gasteiger partial charge in [-0.3, -0.25) is 10.3 Å². The van der Waals surface area contributed by atoms with Crippen LogP contribution in [0.15, 0.2) is 83.9 Å². The quantitative estimate of drug-likeness (QED) is 0.0319. The Morgan fingerprint density at radius 1 is 1.31 bits per heavy atom. The van der Waals surface area contributed by atoms with E-state index in [2.05, 4.69) is 17.2 Å². The smallest absolute Gasteiger partial charge is 0.433 e. The number of rotatable bonds is 14. The van der Waals surface area contributed by atoms with Crippen LogP contribution in [-0.4, -0.2) is 65.8 Å². The maximum atomic E-state index is 15.1. The highest BCUT2D eigenvalue weighted by molar-refractivity contribution is 5.90. The number of allylic oxidation sites excluding steroid dienone is 4. The summed E-state index contributed by atoms with van der Waals surface area (Å²) in [6.07, 6.45) is 0.476. The van der Waals surface area contributed by atoms with Crippen LogP contribution in [0.4, 0.5) is 17.6 Å². The minimum absolute atomic E-state index is 0.106. The zero-order chi connectivity index (χ0) is 30.9. The number of nitrogens with two attached hydrogens (primary N) is 1. The Balaban J connectivity index is 1.67. The normalized spacial score (nSPS) is 21.9. The van der Waals surface area contributed by atoms with Gasteiger partial charge in [0.1, 0.15) is 18.1 Å². The number of aliphatic carboxylic acids is 1. The van der Waals surface area contributed by atoms with Crippen molar-refractivity contribution in [1.82, 2.24) is 15.6 Å². The Morgan fingerprint density at radius 2 is 2.00 bits per heavy atom. The molecule has 0 fully saturated rings. The molecule has 0 aromatic heterocycles. The second-order valence-corrected chi connectivity index (χ2v) is 9.69. The molecule has 2 aliphatic rings. The Kier molecular flexibility index (Phi) is 11.9. The SMILES string of the molecule is C=C/C(C(=O)O)=C(\N(N)C1=CC=CC(C2=CCCC(F)C2OCc2ccc(CCCNC(O)OC)cc2)N1)C(F)(F)F. The van der Waals surface area contributed by atoms with Crippen LogP contribution >= 0.6 is 0 Å². The first-order chi connectivity index (χ1) is 20.0. The maximum absolute atomic E-state index is 15.1. The third-order valence-electron chi connectivity index (χ3n) is 6.80. The van der Waals surface area contributed by atoms with Crippen molar-refractivity contribution >= 4 is 5.97 Å². The van der Waals surface area contributed by atoms with Gasteiger partial charge in [0.05, 0.1) is 18.2 Å². The lowest BCUT2D eigenvalue weighted by Gasteiger charge is -2.36. The Bertz CT molecular complexity index is 1210. The predicted octanol–water partition coefficient (Wildman–Crippen LogP) is 3.71. The van der Waals surface area contributed by atoms with Crippen molar-refractivity contribution in [2.24, 2.45) is 5.84 Å². The Hall–Kier alpha value is -3.49. The van der Waals surface area contributed by atoms with E-state index in [4.69, 9.17) is 15.3 Å². The molecule has 0 bridgehead atoms. The molecule has 0 saturated carbocycles. The molecule has 1 aromatic rings. The van der Waals surface area contributed by atoms with Crippen molar-refractivity contribution in [3.8, 4) is 0 Å². The lowest BCUT2D eigenvalue weighted by molar-refractivity contribution is -0.135. The summed E-state index contributed by atoms with van der Waals surface area (Å²) in [5.74, 6) is 3.71. The van der Waals surface area contributed by atoms with Crippen LogP contribution in [0.3, 0.4) is 0 Å². The van der Waals surface area contributed by atoms with E-state index < -0.39 is 48.1 Å². The van der Waals surface area contributed by atoms with Crippen molar-refractivity contribution in [2.75, 3.05) is 13.7 Å². The van der Waals surface area contributed by atoms with Crippen molar-refractivity contribution in [1.29, 1.82) is 0 Å². The van der Waals surface area contributed by atoms with Gasteiger partial charge in [0.2, 0.25) is 6.41 Å². The summed E-state index contributed by atoms with van der Waals surface area (Å²) in [4.78, 5) is 11.4. The van der Waals surface area contributed by atoms with Crippen LogP contribution in [0.25, 0.3) is 0 Å². The third kappa shape index (κ3) is 8.76. The molecule has 230 valence electrons. The minimum Gasteiger partial charge on any atom is -0.478 e. The predicted molar refractivity (Wildman–Crippen MR) is 148 cm³/mol. The third-order valence-corrected chi connectivity index (χ3v) is 6.80. The van der Waals surface area contributed by atoms with Gasteiger partial charge in [0.15, 0.2) is 5.70 Å². The van der Waals surface area contributed by atoms with E-state index in [1.807, 2.05) is 24.3 Å². The Labute approximate surface area is 241 Å². The number of hydrogen-bond acceptors (Lipinski definition) is 8.